The molecule has 3 rings (SSSR count). The number of carbonyl (C=O) groups is 2. The van der Waals surface area contributed by atoms with Gasteiger partial charge in [-0.15, -0.1) is 0 Å². The highest BCUT2D eigenvalue weighted by Gasteiger charge is 2.37. The van der Waals surface area contributed by atoms with Crippen molar-refractivity contribution in [2.24, 2.45) is 0 Å². The number of amides is 2. The molecule has 5 nitrogen and oxygen atoms in total. The van der Waals surface area contributed by atoms with Gasteiger partial charge in [-0.3, -0.25) is 9.69 Å². The summed E-state index contributed by atoms with van der Waals surface area (Å²) in [7, 11) is 0. The number of benzene rings is 2. The topological polar surface area (TPSA) is 49.9 Å². The molecule has 0 bridgehead atoms. The SMILES string of the molecule is CCOC(=O)N1c2cc(C)c(C)cc2N(C(=O)c2ccc(F)cc2)CC1CC. The molecule has 0 N–H and O–H groups in total. The second-order valence-electron chi connectivity index (χ2n) is 6.98. The molecule has 2 aromatic carbocycles. The second kappa shape index (κ2) is 8.00. The van der Waals surface area contributed by atoms with Gasteiger partial charge in [0.2, 0.25) is 0 Å². The van der Waals surface area contributed by atoms with Crippen molar-refractivity contribution < 1.29 is 18.7 Å². The number of fused-ring (bicyclic) bond motifs is 1. The molecule has 6 heteroatoms. The van der Waals surface area contributed by atoms with Crippen LogP contribution >= 0.6 is 0 Å². The summed E-state index contributed by atoms with van der Waals surface area (Å²) in [5, 5.41) is 0. The Balaban J connectivity index is 2.11. The van der Waals surface area contributed by atoms with Crippen molar-refractivity contribution in [3.05, 3.63) is 58.9 Å². The molecule has 1 unspecified atom stereocenters. The normalized spacial score (nSPS) is 16.0. The Kier molecular flexibility index (Phi) is 5.68. The minimum atomic E-state index is -0.410. The molecule has 0 aromatic heterocycles. The standard InChI is InChI=1S/C22H25FN2O3/c1-5-18-13-24(21(26)16-7-9-17(23)10-8-16)19-11-14(3)15(4)12-20(19)25(18)22(27)28-6-2/h7-12,18H,5-6,13H2,1-4H3. The molecule has 1 heterocycles. The molecule has 148 valence electrons. The molecular weight excluding hydrogens is 359 g/mol. The van der Waals surface area contributed by atoms with Crippen molar-refractivity contribution in [3.8, 4) is 0 Å². The van der Waals surface area contributed by atoms with Gasteiger partial charge in [-0.2, -0.15) is 0 Å². The smallest absolute Gasteiger partial charge is 0.414 e. The van der Waals surface area contributed by atoms with Gasteiger partial charge in [0, 0.05) is 12.1 Å². The Labute approximate surface area is 164 Å². The number of hydrogen-bond donors (Lipinski definition) is 0. The molecule has 0 saturated carbocycles. The van der Waals surface area contributed by atoms with Gasteiger partial charge in [0.1, 0.15) is 5.82 Å². The van der Waals surface area contributed by atoms with Crippen LogP contribution in [0.15, 0.2) is 36.4 Å². The summed E-state index contributed by atoms with van der Waals surface area (Å²) in [6, 6.07) is 9.16. The molecule has 0 saturated heterocycles. The van der Waals surface area contributed by atoms with Gasteiger partial charge in [0.15, 0.2) is 0 Å². The molecule has 2 aromatic rings. The van der Waals surface area contributed by atoms with E-state index in [1.54, 1.807) is 16.7 Å². The van der Waals surface area contributed by atoms with Gasteiger partial charge in [-0.05, 0) is 74.7 Å². The average Bonchev–Trinajstić information content (AvgIpc) is 2.68. The average molecular weight is 384 g/mol. The van der Waals surface area contributed by atoms with Gasteiger partial charge in [-0.25, -0.2) is 9.18 Å². The monoisotopic (exact) mass is 384 g/mol. The molecule has 1 atom stereocenters. The van der Waals surface area contributed by atoms with E-state index in [0.29, 0.717) is 29.9 Å². The molecule has 0 aliphatic carbocycles. The Morgan fingerprint density at radius 2 is 1.68 bits per heavy atom. The van der Waals surface area contributed by atoms with Gasteiger partial charge in [0.05, 0.1) is 24.0 Å². The lowest BCUT2D eigenvalue weighted by molar-refractivity contribution is 0.0981. The lowest BCUT2D eigenvalue weighted by atomic mass is 9.99. The summed E-state index contributed by atoms with van der Waals surface area (Å²) in [4.78, 5) is 29.2. The zero-order chi connectivity index (χ0) is 20.4. The number of anilines is 2. The molecular formula is C22H25FN2O3. The summed E-state index contributed by atoms with van der Waals surface area (Å²) in [5.41, 5.74) is 3.78. The van der Waals surface area contributed by atoms with E-state index in [1.807, 2.05) is 32.9 Å². The van der Waals surface area contributed by atoms with E-state index < -0.39 is 6.09 Å². The van der Waals surface area contributed by atoms with E-state index in [-0.39, 0.29) is 24.4 Å². The summed E-state index contributed by atoms with van der Waals surface area (Å²) >= 11 is 0. The minimum Gasteiger partial charge on any atom is -0.449 e. The van der Waals surface area contributed by atoms with E-state index in [0.717, 1.165) is 11.1 Å². The number of hydrogen-bond acceptors (Lipinski definition) is 3. The zero-order valence-electron chi connectivity index (χ0n) is 16.7. The van der Waals surface area contributed by atoms with Crippen LogP contribution in [0.5, 0.6) is 0 Å². The first-order valence-corrected chi connectivity index (χ1v) is 9.52. The Bertz CT molecular complexity index is 895. The largest absolute Gasteiger partial charge is 0.449 e. The maximum absolute atomic E-state index is 13.3. The van der Waals surface area contributed by atoms with Crippen LogP contribution in [0.3, 0.4) is 0 Å². The van der Waals surface area contributed by atoms with E-state index in [9.17, 15) is 14.0 Å². The van der Waals surface area contributed by atoms with Crippen molar-refractivity contribution in [3.63, 3.8) is 0 Å². The third kappa shape index (κ3) is 3.59. The molecule has 28 heavy (non-hydrogen) atoms. The summed E-state index contributed by atoms with van der Waals surface area (Å²) < 4.78 is 18.6. The van der Waals surface area contributed by atoms with Crippen LogP contribution in [0.4, 0.5) is 20.6 Å². The Morgan fingerprint density at radius 1 is 1.07 bits per heavy atom. The highest BCUT2D eigenvalue weighted by molar-refractivity contribution is 6.10. The van der Waals surface area contributed by atoms with Crippen LogP contribution in [0.2, 0.25) is 0 Å². The lowest BCUT2D eigenvalue weighted by Gasteiger charge is -2.42. The van der Waals surface area contributed by atoms with E-state index >= 15 is 0 Å². The molecule has 2 amide bonds. The Hall–Kier alpha value is -2.89. The number of carbonyl (C=O) groups excluding carboxylic acids is 2. The molecule has 1 aliphatic heterocycles. The number of rotatable bonds is 3. The van der Waals surface area contributed by atoms with Crippen LogP contribution in [-0.2, 0) is 4.74 Å². The molecule has 0 radical (unpaired) electrons. The van der Waals surface area contributed by atoms with Crippen LogP contribution in [0, 0.1) is 19.7 Å². The fraction of sp³-hybridized carbons (Fsp3) is 0.364. The number of halogens is 1. The lowest BCUT2D eigenvalue weighted by Crippen LogP contribution is -2.53. The van der Waals surface area contributed by atoms with Crippen molar-refractivity contribution in [1.29, 1.82) is 0 Å². The van der Waals surface area contributed by atoms with Crippen molar-refractivity contribution in [2.75, 3.05) is 23.0 Å². The van der Waals surface area contributed by atoms with Gasteiger partial charge < -0.3 is 9.64 Å². The van der Waals surface area contributed by atoms with Crippen LogP contribution in [0.25, 0.3) is 0 Å². The first-order valence-electron chi connectivity index (χ1n) is 9.52. The highest BCUT2D eigenvalue weighted by Crippen LogP contribution is 2.39. The molecule has 0 fully saturated rings. The third-order valence-corrected chi connectivity index (χ3v) is 5.17. The van der Waals surface area contributed by atoms with Crippen LogP contribution in [-0.4, -0.2) is 31.2 Å². The summed E-state index contributed by atoms with van der Waals surface area (Å²) in [6.45, 7) is 8.32. The predicted molar refractivity (Wildman–Crippen MR) is 108 cm³/mol. The van der Waals surface area contributed by atoms with Crippen molar-refractivity contribution in [1.82, 2.24) is 0 Å². The first-order chi connectivity index (χ1) is 13.4. The fourth-order valence-corrected chi connectivity index (χ4v) is 3.48. The van der Waals surface area contributed by atoms with Crippen LogP contribution in [0.1, 0.15) is 41.8 Å². The molecule has 1 aliphatic rings. The quantitative estimate of drug-likeness (QED) is 0.760. The van der Waals surface area contributed by atoms with E-state index in [2.05, 4.69) is 0 Å². The molecule has 0 spiro atoms. The number of nitrogens with zero attached hydrogens (tertiary/aromatic N) is 2. The maximum Gasteiger partial charge on any atom is 0.414 e. The second-order valence-corrected chi connectivity index (χ2v) is 6.98. The number of ether oxygens (including phenoxy) is 1. The highest BCUT2D eigenvalue weighted by atomic mass is 19.1. The van der Waals surface area contributed by atoms with Gasteiger partial charge in [-0.1, -0.05) is 6.92 Å². The van der Waals surface area contributed by atoms with Gasteiger partial charge >= 0.3 is 6.09 Å². The van der Waals surface area contributed by atoms with Crippen molar-refractivity contribution >= 4 is 23.4 Å². The maximum atomic E-state index is 13.3. The Morgan fingerprint density at radius 3 is 2.25 bits per heavy atom. The minimum absolute atomic E-state index is 0.210. The van der Waals surface area contributed by atoms with Crippen molar-refractivity contribution in [2.45, 2.75) is 40.2 Å². The van der Waals surface area contributed by atoms with Gasteiger partial charge in [0.25, 0.3) is 5.91 Å². The zero-order valence-corrected chi connectivity index (χ0v) is 16.7. The third-order valence-electron chi connectivity index (χ3n) is 5.17. The summed E-state index contributed by atoms with van der Waals surface area (Å²) in [6.07, 6.45) is 0.256. The van der Waals surface area contributed by atoms with E-state index in [4.69, 9.17) is 4.74 Å². The predicted octanol–water partition coefficient (Wildman–Crippen LogP) is 4.84. The number of aryl methyl sites for hydroxylation is 2. The van der Waals surface area contributed by atoms with E-state index in [1.165, 1.54) is 24.3 Å². The van der Waals surface area contributed by atoms with Crippen LogP contribution < -0.4 is 9.80 Å². The summed E-state index contributed by atoms with van der Waals surface area (Å²) in [5.74, 6) is -0.603. The fourth-order valence-electron chi connectivity index (χ4n) is 3.48. The first kappa shape index (κ1) is 19.9.